The van der Waals surface area contributed by atoms with E-state index in [0.29, 0.717) is 12.5 Å². The number of aromatic nitrogens is 2. The van der Waals surface area contributed by atoms with Gasteiger partial charge in [-0.1, -0.05) is 18.2 Å². The molecule has 3 aromatic rings. The number of carbonyl (C=O) groups is 1. The highest BCUT2D eigenvalue weighted by Crippen LogP contribution is 2.31. The molecule has 140 valence electrons. The Morgan fingerprint density at radius 1 is 1.11 bits per heavy atom. The molecule has 1 aromatic carbocycles. The van der Waals surface area contributed by atoms with Crippen LogP contribution in [0.1, 0.15) is 41.0 Å². The fourth-order valence-corrected chi connectivity index (χ4v) is 4.35. The van der Waals surface area contributed by atoms with Crippen molar-refractivity contribution in [2.24, 2.45) is 0 Å². The number of fused-ring (bicyclic) bond motifs is 1. The number of carbonyl (C=O) groups excluding carboxylic acids is 1. The first-order valence-corrected chi connectivity index (χ1v) is 9.78. The minimum atomic E-state index is 0.211. The minimum Gasteiger partial charge on any atom is -0.341 e. The fourth-order valence-electron chi connectivity index (χ4n) is 4.35. The highest BCUT2D eigenvalue weighted by atomic mass is 16.2. The molecule has 3 heterocycles. The van der Waals surface area contributed by atoms with E-state index < -0.39 is 0 Å². The molecule has 1 amide bonds. The number of benzene rings is 1. The van der Waals surface area contributed by atoms with E-state index in [1.54, 1.807) is 6.20 Å². The number of nitrogens with zero attached hydrogens (tertiary/aromatic N) is 3. The number of amides is 1. The number of hydrogen-bond donors (Lipinski definition) is 0. The Balaban J connectivity index is 1.43. The summed E-state index contributed by atoms with van der Waals surface area (Å²) in [5.74, 6) is 0.776. The third-order valence-electron chi connectivity index (χ3n) is 6.12. The highest BCUT2D eigenvalue weighted by molar-refractivity contribution is 5.85. The zero-order valence-electron chi connectivity index (χ0n) is 16.4. The molecule has 4 rings (SSSR count). The second-order valence-electron chi connectivity index (χ2n) is 7.78. The van der Waals surface area contributed by atoms with Gasteiger partial charge in [0.25, 0.3) is 0 Å². The standard InChI is InChI=1S/C23H27N3O/c1-16-5-4-6-20(18(16)3)19-8-11-25(12-9-19)23(27)15-26-14-17(2)21-13-24-10-7-22(21)26/h4-7,10,13-14,19H,8-9,11-12,15H2,1-3H3. The summed E-state index contributed by atoms with van der Waals surface area (Å²) in [5, 5.41) is 1.12. The van der Waals surface area contributed by atoms with Crippen molar-refractivity contribution in [3.05, 3.63) is 65.1 Å². The van der Waals surface area contributed by atoms with Gasteiger partial charge in [-0.3, -0.25) is 9.78 Å². The summed E-state index contributed by atoms with van der Waals surface area (Å²) in [6, 6.07) is 8.58. The third-order valence-corrected chi connectivity index (χ3v) is 6.12. The van der Waals surface area contributed by atoms with Crippen LogP contribution < -0.4 is 0 Å². The summed E-state index contributed by atoms with van der Waals surface area (Å²) >= 11 is 0. The molecule has 0 aliphatic carbocycles. The van der Waals surface area contributed by atoms with E-state index in [1.165, 1.54) is 22.3 Å². The lowest BCUT2D eigenvalue weighted by Crippen LogP contribution is -2.39. The van der Waals surface area contributed by atoms with E-state index in [-0.39, 0.29) is 5.91 Å². The molecule has 0 N–H and O–H groups in total. The number of piperidine rings is 1. The zero-order valence-corrected chi connectivity index (χ0v) is 16.4. The molecule has 0 saturated carbocycles. The Kier molecular flexibility index (Phi) is 4.73. The minimum absolute atomic E-state index is 0.211. The van der Waals surface area contributed by atoms with E-state index >= 15 is 0 Å². The van der Waals surface area contributed by atoms with Crippen LogP contribution in [0.4, 0.5) is 0 Å². The van der Waals surface area contributed by atoms with Gasteiger partial charge >= 0.3 is 0 Å². The van der Waals surface area contributed by atoms with E-state index in [2.05, 4.69) is 54.7 Å². The van der Waals surface area contributed by atoms with Crippen molar-refractivity contribution in [2.75, 3.05) is 13.1 Å². The molecule has 4 nitrogen and oxygen atoms in total. The van der Waals surface area contributed by atoms with Crippen LogP contribution in [0.15, 0.2) is 42.9 Å². The summed E-state index contributed by atoms with van der Waals surface area (Å²) in [6.45, 7) is 8.56. The molecular formula is C23H27N3O. The number of rotatable bonds is 3. The molecule has 1 saturated heterocycles. The average Bonchev–Trinajstić information content (AvgIpc) is 3.00. The van der Waals surface area contributed by atoms with Crippen LogP contribution in [0, 0.1) is 20.8 Å². The highest BCUT2D eigenvalue weighted by Gasteiger charge is 2.25. The summed E-state index contributed by atoms with van der Waals surface area (Å²) in [4.78, 5) is 19.1. The summed E-state index contributed by atoms with van der Waals surface area (Å²) < 4.78 is 2.06. The van der Waals surface area contributed by atoms with E-state index in [9.17, 15) is 4.79 Å². The first-order chi connectivity index (χ1) is 13.0. The molecule has 0 radical (unpaired) electrons. The van der Waals surface area contributed by atoms with Crippen molar-refractivity contribution in [1.29, 1.82) is 0 Å². The van der Waals surface area contributed by atoms with Crippen molar-refractivity contribution in [1.82, 2.24) is 14.5 Å². The molecule has 1 fully saturated rings. The number of pyridine rings is 1. The fraction of sp³-hybridized carbons (Fsp3) is 0.391. The number of aryl methyl sites for hydroxylation is 2. The summed E-state index contributed by atoms with van der Waals surface area (Å²) in [7, 11) is 0. The maximum atomic E-state index is 12.9. The molecule has 0 spiro atoms. The quantitative estimate of drug-likeness (QED) is 0.695. The van der Waals surface area contributed by atoms with Gasteiger partial charge in [0.2, 0.25) is 5.91 Å². The first-order valence-electron chi connectivity index (χ1n) is 9.78. The second kappa shape index (κ2) is 7.18. The van der Waals surface area contributed by atoms with Crippen LogP contribution in [0.3, 0.4) is 0 Å². The predicted octanol–water partition coefficient (Wildman–Crippen LogP) is 4.37. The molecule has 0 bridgehead atoms. The molecule has 27 heavy (non-hydrogen) atoms. The lowest BCUT2D eigenvalue weighted by Gasteiger charge is -2.33. The van der Waals surface area contributed by atoms with Gasteiger partial charge in [-0.05, 0) is 67.9 Å². The van der Waals surface area contributed by atoms with E-state index in [1.807, 2.05) is 17.2 Å². The van der Waals surface area contributed by atoms with Crippen molar-refractivity contribution >= 4 is 16.8 Å². The Labute approximate surface area is 160 Å². The Hall–Kier alpha value is -2.62. The van der Waals surface area contributed by atoms with Gasteiger partial charge < -0.3 is 9.47 Å². The molecule has 1 aliphatic rings. The lowest BCUT2D eigenvalue weighted by atomic mass is 9.85. The van der Waals surface area contributed by atoms with Crippen LogP contribution in [0.5, 0.6) is 0 Å². The van der Waals surface area contributed by atoms with Crippen molar-refractivity contribution in [2.45, 2.75) is 46.1 Å². The van der Waals surface area contributed by atoms with E-state index in [0.717, 1.165) is 36.8 Å². The van der Waals surface area contributed by atoms with Crippen LogP contribution in [-0.4, -0.2) is 33.4 Å². The Morgan fingerprint density at radius 2 is 1.89 bits per heavy atom. The summed E-state index contributed by atoms with van der Waals surface area (Å²) in [6.07, 6.45) is 7.82. The van der Waals surface area contributed by atoms with Gasteiger partial charge in [-0.15, -0.1) is 0 Å². The molecule has 0 atom stereocenters. The van der Waals surface area contributed by atoms with Crippen molar-refractivity contribution in [3.63, 3.8) is 0 Å². The molecule has 2 aromatic heterocycles. The third kappa shape index (κ3) is 3.36. The number of hydrogen-bond acceptors (Lipinski definition) is 2. The summed E-state index contributed by atoms with van der Waals surface area (Å²) in [5.41, 5.74) is 6.47. The predicted molar refractivity (Wildman–Crippen MR) is 109 cm³/mol. The van der Waals surface area contributed by atoms with Crippen LogP contribution >= 0.6 is 0 Å². The topological polar surface area (TPSA) is 38.1 Å². The lowest BCUT2D eigenvalue weighted by molar-refractivity contribution is -0.132. The molecular weight excluding hydrogens is 334 g/mol. The zero-order chi connectivity index (χ0) is 19.0. The molecule has 4 heteroatoms. The van der Waals surface area contributed by atoms with Gasteiger partial charge in [0, 0.05) is 37.1 Å². The van der Waals surface area contributed by atoms with Gasteiger partial charge in [-0.2, -0.15) is 0 Å². The largest absolute Gasteiger partial charge is 0.341 e. The van der Waals surface area contributed by atoms with Crippen molar-refractivity contribution in [3.8, 4) is 0 Å². The van der Waals surface area contributed by atoms with Gasteiger partial charge in [0.15, 0.2) is 0 Å². The van der Waals surface area contributed by atoms with Crippen LogP contribution in [0.2, 0.25) is 0 Å². The SMILES string of the molecule is Cc1cccc(C2CCN(C(=O)Cn3cc(C)c4cnccc43)CC2)c1C. The molecule has 0 unspecified atom stereocenters. The van der Waals surface area contributed by atoms with Crippen LogP contribution in [0.25, 0.3) is 10.9 Å². The van der Waals surface area contributed by atoms with Gasteiger partial charge in [0.1, 0.15) is 6.54 Å². The number of likely N-dealkylation sites (tertiary alicyclic amines) is 1. The normalized spacial score (nSPS) is 15.4. The maximum absolute atomic E-state index is 12.9. The Bertz CT molecular complexity index is 980. The van der Waals surface area contributed by atoms with E-state index in [4.69, 9.17) is 0 Å². The van der Waals surface area contributed by atoms with Gasteiger partial charge in [-0.25, -0.2) is 0 Å². The maximum Gasteiger partial charge on any atom is 0.242 e. The molecule has 1 aliphatic heterocycles. The van der Waals surface area contributed by atoms with Crippen molar-refractivity contribution < 1.29 is 4.79 Å². The van der Waals surface area contributed by atoms with Crippen LogP contribution in [-0.2, 0) is 11.3 Å². The Morgan fingerprint density at radius 3 is 2.67 bits per heavy atom. The first kappa shape index (κ1) is 17.8. The average molecular weight is 361 g/mol. The smallest absolute Gasteiger partial charge is 0.242 e. The monoisotopic (exact) mass is 361 g/mol. The second-order valence-corrected chi connectivity index (χ2v) is 7.78. The van der Waals surface area contributed by atoms with Gasteiger partial charge in [0.05, 0.1) is 5.52 Å².